The minimum atomic E-state index is -0.318. The summed E-state index contributed by atoms with van der Waals surface area (Å²) < 4.78 is 21.7. The van der Waals surface area contributed by atoms with E-state index in [1.54, 1.807) is 55.5 Å². The van der Waals surface area contributed by atoms with Crippen molar-refractivity contribution in [2.24, 2.45) is 0 Å². The minimum absolute atomic E-state index is 0.0822. The van der Waals surface area contributed by atoms with E-state index in [0.29, 0.717) is 42.5 Å². The van der Waals surface area contributed by atoms with E-state index in [1.807, 2.05) is 17.9 Å². The molecule has 1 atom stereocenters. The molecule has 10 heteroatoms. The van der Waals surface area contributed by atoms with E-state index in [9.17, 15) is 9.18 Å². The van der Waals surface area contributed by atoms with Crippen molar-refractivity contribution in [3.8, 4) is 17.1 Å². The summed E-state index contributed by atoms with van der Waals surface area (Å²) in [6, 6.07) is 8.38. The smallest absolute Gasteiger partial charge is 0.244 e. The summed E-state index contributed by atoms with van der Waals surface area (Å²) in [5.41, 5.74) is 2.54. The normalized spacial score (nSPS) is 15.7. The van der Waals surface area contributed by atoms with Crippen LogP contribution in [-0.2, 0) is 11.3 Å². The first-order valence-electron chi connectivity index (χ1n) is 12.2. The van der Waals surface area contributed by atoms with Crippen molar-refractivity contribution in [3.63, 3.8) is 0 Å². The number of hydrogen-bond acceptors (Lipinski definition) is 6. The Morgan fingerprint density at radius 1 is 1.34 bits per heavy atom. The Balaban J connectivity index is 1.57. The average Bonchev–Trinajstić information content (AvgIpc) is 3.23. The molecule has 2 aromatic heterocycles. The van der Waals surface area contributed by atoms with Crippen LogP contribution in [0.4, 0.5) is 10.1 Å². The van der Waals surface area contributed by atoms with Crippen LogP contribution >= 0.6 is 11.6 Å². The predicted molar refractivity (Wildman–Crippen MR) is 148 cm³/mol. The number of amides is 1. The average molecular weight is 537 g/mol. The Morgan fingerprint density at radius 2 is 2.13 bits per heavy atom. The fourth-order valence-corrected chi connectivity index (χ4v) is 4.92. The fourth-order valence-electron chi connectivity index (χ4n) is 4.59. The van der Waals surface area contributed by atoms with Crippen LogP contribution in [0.25, 0.3) is 11.4 Å². The lowest BCUT2D eigenvalue weighted by molar-refractivity contribution is -0.134. The van der Waals surface area contributed by atoms with Gasteiger partial charge in [0.2, 0.25) is 5.91 Å². The molecular formula is C28H30ClFN6O2. The number of allylic oxidation sites excluding steroid dienone is 3. The highest BCUT2D eigenvalue weighted by atomic mass is 35.5. The highest BCUT2D eigenvalue weighted by Crippen LogP contribution is 2.32. The number of piperazine rings is 1. The van der Waals surface area contributed by atoms with E-state index in [2.05, 4.69) is 16.7 Å². The van der Waals surface area contributed by atoms with Gasteiger partial charge in [0, 0.05) is 37.9 Å². The number of pyridine rings is 1. The first-order valence-corrected chi connectivity index (χ1v) is 12.6. The van der Waals surface area contributed by atoms with Crippen molar-refractivity contribution in [1.82, 2.24) is 19.7 Å². The van der Waals surface area contributed by atoms with Gasteiger partial charge in [-0.3, -0.25) is 19.9 Å². The van der Waals surface area contributed by atoms with Crippen LogP contribution in [0, 0.1) is 18.2 Å². The third-order valence-electron chi connectivity index (χ3n) is 6.49. The van der Waals surface area contributed by atoms with E-state index in [4.69, 9.17) is 21.7 Å². The molecule has 3 heterocycles. The van der Waals surface area contributed by atoms with Crippen molar-refractivity contribution < 1.29 is 13.9 Å². The molecule has 1 fully saturated rings. The summed E-state index contributed by atoms with van der Waals surface area (Å²) in [6.45, 7) is 8.62. The zero-order valence-electron chi connectivity index (χ0n) is 21.6. The summed E-state index contributed by atoms with van der Waals surface area (Å²) in [7, 11) is 1.56. The monoisotopic (exact) mass is 536 g/mol. The van der Waals surface area contributed by atoms with E-state index in [0.717, 1.165) is 5.56 Å². The van der Waals surface area contributed by atoms with E-state index >= 15 is 0 Å². The summed E-state index contributed by atoms with van der Waals surface area (Å²) in [6.07, 6.45) is 6.35. The maximum Gasteiger partial charge on any atom is 0.244 e. The molecule has 1 aliphatic heterocycles. The molecule has 198 valence electrons. The lowest BCUT2D eigenvalue weighted by atomic mass is 10.1. The Hall–Kier alpha value is -3.98. The van der Waals surface area contributed by atoms with Gasteiger partial charge >= 0.3 is 0 Å². The highest BCUT2D eigenvalue weighted by molar-refractivity contribution is 6.36. The van der Waals surface area contributed by atoms with Crippen molar-refractivity contribution >= 4 is 28.9 Å². The van der Waals surface area contributed by atoms with Crippen LogP contribution in [-0.4, -0.2) is 64.1 Å². The van der Waals surface area contributed by atoms with Gasteiger partial charge in [0.25, 0.3) is 0 Å². The molecule has 0 aliphatic carbocycles. The zero-order valence-corrected chi connectivity index (χ0v) is 22.4. The summed E-state index contributed by atoms with van der Waals surface area (Å²) >= 11 is 6.67. The number of rotatable bonds is 8. The molecule has 8 nitrogen and oxygen atoms in total. The minimum Gasteiger partial charge on any atom is -0.496 e. The molecule has 1 aliphatic rings. The molecule has 3 aromatic rings. The third kappa shape index (κ3) is 5.47. The fraction of sp³-hybridized carbons (Fsp3) is 0.286. The van der Waals surface area contributed by atoms with Gasteiger partial charge in [0.15, 0.2) is 0 Å². The zero-order chi connectivity index (χ0) is 27.4. The van der Waals surface area contributed by atoms with Crippen molar-refractivity contribution in [2.45, 2.75) is 26.4 Å². The highest BCUT2D eigenvalue weighted by Gasteiger charge is 2.31. The SMILES string of the molecule is C=C/C=C\C(=N)c1nn(CC(=O)N2CCN(c3cc(OC)c(C)cc3F)C[C@@H]2C)c(-c2ccccn2)c1Cl. The van der Waals surface area contributed by atoms with Gasteiger partial charge in [-0.1, -0.05) is 36.4 Å². The second-order valence-electron chi connectivity index (χ2n) is 9.05. The molecule has 0 unspecified atom stereocenters. The van der Waals surface area contributed by atoms with Crippen molar-refractivity contribution in [2.75, 3.05) is 31.6 Å². The third-order valence-corrected chi connectivity index (χ3v) is 6.85. The van der Waals surface area contributed by atoms with Gasteiger partial charge in [-0.15, -0.1) is 0 Å². The van der Waals surface area contributed by atoms with Gasteiger partial charge in [-0.2, -0.15) is 5.10 Å². The lowest BCUT2D eigenvalue weighted by Gasteiger charge is -2.41. The molecule has 1 amide bonds. The summed E-state index contributed by atoms with van der Waals surface area (Å²) in [5, 5.41) is 13.1. The van der Waals surface area contributed by atoms with Gasteiger partial charge in [0.1, 0.15) is 29.5 Å². The maximum atomic E-state index is 14.8. The van der Waals surface area contributed by atoms with E-state index < -0.39 is 0 Å². The molecule has 1 N–H and O–H groups in total. The first kappa shape index (κ1) is 27.1. The maximum absolute atomic E-state index is 14.8. The molecule has 4 rings (SSSR count). The van der Waals surface area contributed by atoms with Gasteiger partial charge in [-0.05, 0) is 43.7 Å². The number of ether oxygens (including phenoxy) is 1. The molecule has 1 saturated heterocycles. The second kappa shape index (κ2) is 11.6. The number of anilines is 1. The molecule has 1 aromatic carbocycles. The number of halogens is 2. The summed E-state index contributed by atoms with van der Waals surface area (Å²) in [4.78, 5) is 21.6. The summed E-state index contributed by atoms with van der Waals surface area (Å²) in [5.74, 6) is 0.145. The van der Waals surface area contributed by atoms with Gasteiger partial charge in [-0.25, -0.2) is 4.39 Å². The van der Waals surface area contributed by atoms with E-state index in [1.165, 1.54) is 16.8 Å². The number of carbonyl (C=O) groups excluding carboxylic acids is 1. The molecule has 0 spiro atoms. The number of nitrogens with zero attached hydrogens (tertiary/aromatic N) is 5. The number of aryl methyl sites for hydroxylation is 1. The molecular weight excluding hydrogens is 507 g/mol. The number of methoxy groups -OCH3 is 1. The largest absolute Gasteiger partial charge is 0.496 e. The van der Waals surface area contributed by atoms with Crippen molar-refractivity contribution in [3.05, 3.63) is 83.4 Å². The molecule has 0 radical (unpaired) electrons. The Morgan fingerprint density at radius 3 is 2.79 bits per heavy atom. The number of benzene rings is 1. The number of carbonyl (C=O) groups is 1. The standard InChI is InChI=1S/C28H30ClFN6O2/c1-5-6-9-21(31)27-26(29)28(22-10-7-8-11-32-22)36(33-27)17-25(37)35-13-12-34(16-19(35)3)23-15-24(38-4)18(2)14-20(23)30/h5-11,14-15,19,31H,1,12-13,16-17H2,2-4H3/b9-6-,31-21?/t19-/m0/s1. The van der Waals surface area contributed by atoms with Crippen LogP contribution < -0.4 is 9.64 Å². The Bertz CT molecular complexity index is 1390. The topological polar surface area (TPSA) is 87.3 Å². The van der Waals surface area contributed by atoms with Gasteiger partial charge < -0.3 is 14.5 Å². The quantitative estimate of drug-likeness (QED) is 0.327. The first-order chi connectivity index (χ1) is 18.2. The second-order valence-corrected chi connectivity index (χ2v) is 9.43. The van der Waals surface area contributed by atoms with Crippen LogP contribution in [0.5, 0.6) is 5.75 Å². The van der Waals surface area contributed by atoms with Crippen LogP contribution in [0.15, 0.2) is 61.3 Å². The number of hydrogen-bond donors (Lipinski definition) is 1. The Kier molecular flexibility index (Phi) is 8.26. The molecule has 0 bridgehead atoms. The van der Waals surface area contributed by atoms with Crippen LogP contribution in [0.1, 0.15) is 18.2 Å². The van der Waals surface area contributed by atoms with Crippen LogP contribution in [0.3, 0.4) is 0 Å². The van der Waals surface area contributed by atoms with Crippen molar-refractivity contribution in [1.29, 1.82) is 5.41 Å². The molecule has 0 saturated carbocycles. The van der Waals surface area contributed by atoms with E-state index in [-0.39, 0.29) is 40.7 Å². The predicted octanol–water partition coefficient (Wildman–Crippen LogP) is 4.90. The molecule has 38 heavy (non-hydrogen) atoms. The number of aromatic nitrogens is 3. The van der Waals surface area contributed by atoms with Gasteiger partial charge in [0.05, 0.1) is 29.2 Å². The lowest BCUT2D eigenvalue weighted by Crippen LogP contribution is -2.55. The van der Waals surface area contributed by atoms with Crippen LogP contribution in [0.2, 0.25) is 5.02 Å². The number of nitrogens with one attached hydrogen (secondary N) is 1. The Labute approximate surface area is 226 Å².